The fourth-order valence-electron chi connectivity index (χ4n) is 2.30. The molecule has 1 heterocycles. The van der Waals surface area contributed by atoms with Crippen molar-refractivity contribution in [2.24, 2.45) is 0 Å². The van der Waals surface area contributed by atoms with E-state index in [4.69, 9.17) is 22.2 Å². The molecular formula is C15H10FN3OS. The van der Waals surface area contributed by atoms with Crippen molar-refractivity contribution < 1.29 is 9.13 Å². The number of rotatable bonds is 2. The van der Waals surface area contributed by atoms with Crippen LogP contribution in [-0.4, -0.2) is 16.7 Å². The average Bonchev–Trinajstić information content (AvgIpc) is 2.83. The number of aromatic amines is 1. The van der Waals surface area contributed by atoms with Crippen LogP contribution in [0.3, 0.4) is 0 Å². The first kappa shape index (κ1) is 13.3. The number of nitriles is 1. The van der Waals surface area contributed by atoms with Gasteiger partial charge in [0, 0.05) is 6.07 Å². The lowest BCUT2D eigenvalue weighted by molar-refractivity contribution is 0.409. The van der Waals surface area contributed by atoms with Crippen LogP contribution in [0.4, 0.5) is 4.39 Å². The maximum atomic E-state index is 13.3. The van der Waals surface area contributed by atoms with Gasteiger partial charge in [-0.1, -0.05) is 6.07 Å². The number of benzene rings is 2. The molecule has 0 aliphatic carbocycles. The number of aromatic nitrogens is 2. The molecule has 0 aliphatic rings. The third-order valence-electron chi connectivity index (χ3n) is 3.22. The number of fused-ring (bicyclic) bond motifs is 1. The van der Waals surface area contributed by atoms with Gasteiger partial charge in [-0.25, -0.2) is 4.39 Å². The minimum Gasteiger partial charge on any atom is -0.494 e. The van der Waals surface area contributed by atoms with Gasteiger partial charge in [0.1, 0.15) is 17.6 Å². The van der Waals surface area contributed by atoms with E-state index in [0.29, 0.717) is 27.3 Å². The van der Waals surface area contributed by atoms with Gasteiger partial charge in [0.05, 0.1) is 29.4 Å². The number of halogens is 1. The Morgan fingerprint density at radius 3 is 2.86 bits per heavy atom. The number of imidazole rings is 1. The third-order valence-corrected chi connectivity index (χ3v) is 3.51. The van der Waals surface area contributed by atoms with Gasteiger partial charge in [-0.3, -0.25) is 4.57 Å². The van der Waals surface area contributed by atoms with E-state index in [0.717, 1.165) is 5.52 Å². The number of para-hydroxylation sites is 1. The monoisotopic (exact) mass is 299 g/mol. The summed E-state index contributed by atoms with van der Waals surface area (Å²) in [4.78, 5) is 3.02. The van der Waals surface area contributed by atoms with Crippen molar-refractivity contribution in [3.8, 4) is 17.5 Å². The van der Waals surface area contributed by atoms with Crippen molar-refractivity contribution in [3.63, 3.8) is 0 Å². The van der Waals surface area contributed by atoms with Crippen molar-refractivity contribution in [2.45, 2.75) is 0 Å². The molecule has 3 aromatic rings. The number of nitrogens with zero attached hydrogens (tertiary/aromatic N) is 2. The van der Waals surface area contributed by atoms with Gasteiger partial charge < -0.3 is 9.72 Å². The Kier molecular flexibility index (Phi) is 3.20. The normalized spacial score (nSPS) is 10.5. The van der Waals surface area contributed by atoms with E-state index in [1.54, 1.807) is 22.8 Å². The van der Waals surface area contributed by atoms with E-state index >= 15 is 0 Å². The smallest absolute Gasteiger partial charge is 0.182 e. The van der Waals surface area contributed by atoms with Crippen LogP contribution in [0.5, 0.6) is 5.75 Å². The number of methoxy groups -OCH3 is 1. The van der Waals surface area contributed by atoms with Gasteiger partial charge in [0.25, 0.3) is 0 Å². The van der Waals surface area contributed by atoms with Crippen LogP contribution < -0.4 is 4.74 Å². The number of hydrogen-bond donors (Lipinski definition) is 1. The molecule has 1 N–H and O–H groups in total. The molecule has 104 valence electrons. The number of nitrogens with one attached hydrogen (secondary N) is 1. The molecule has 0 saturated carbocycles. The zero-order valence-corrected chi connectivity index (χ0v) is 11.9. The Hall–Kier alpha value is -2.65. The topological polar surface area (TPSA) is 53.7 Å². The Balaban J connectivity index is 2.39. The van der Waals surface area contributed by atoms with Crippen molar-refractivity contribution >= 4 is 23.3 Å². The molecule has 0 unspecified atom stereocenters. The predicted molar refractivity (Wildman–Crippen MR) is 79.7 cm³/mol. The van der Waals surface area contributed by atoms with Crippen molar-refractivity contribution in [3.05, 3.63) is 52.5 Å². The minimum absolute atomic E-state index is 0.370. The molecular weight excluding hydrogens is 289 g/mol. The Morgan fingerprint density at radius 2 is 2.14 bits per heavy atom. The van der Waals surface area contributed by atoms with Gasteiger partial charge in [-0.15, -0.1) is 0 Å². The summed E-state index contributed by atoms with van der Waals surface area (Å²) in [6.45, 7) is 0. The van der Waals surface area contributed by atoms with Gasteiger partial charge >= 0.3 is 0 Å². The molecule has 3 rings (SSSR count). The lowest BCUT2D eigenvalue weighted by Crippen LogP contribution is -1.98. The summed E-state index contributed by atoms with van der Waals surface area (Å²) in [6, 6.07) is 11.7. The quantitative estimate of drug-likeness (QED) is 0.734. The molecule has 0 atom stereocenters. The lowest BCUT2D eigenvalue weighted by Gasteiger charge is -2.10. The van der Waals surface area contributed by atoms with Crippen LogP contribution in [0, 0.1) is 21.9 Å². The van der Waals surface area contributed by atoms with E-state index in [1.165, 1.54) is 19.2 Å². The maximum Gasteiger partial charge on any atom is 0.182 e. The minimum atomic E-state index is -0.389. The highest BCUT2D eigenvalue weighted by molar-refractivity contribution is 7.71. The summed E-state index contributed by atoms with van der Waals surface area (Å²) in [6.07, 6.45) is 0. The first-order valence-electron chi connectivity index (χ1n) is 6.13. The summed E-state index contributed by atoms with van der Waals surface area (Å²) < 4.78 is 20.7. The van der Waals surface area contributed by atoms with Crippen molar-refractivity contribution in [2.75, 3.05) is 7.11 Å². The highest BCUT2D eigenvalue weighted by Gasteiger charge is 2.13. The second-order valence-corrected chi connectivity index (χ2v) is 4.78. The zero-order valence-electron chi connectivity index (χ0n) is 11.1. The number of H-pyrrole nitrogens is 1. The average molecular weight is 299 g/mol. The largest absolute Gasteiger partial charge is 0.494 e. The molecule has 21 heavy (non-hydrogen) atoms. The predicted octanol–water partition coefficient (Wildman–Crippen LogP) is 3.71. The van der Waals surface area contributed by atoms with E-state index in [9.17, 15) is 4.39 Å². The summed E-state index contributed by atoms with van der Waals surface area (Å²) in [5.74, 6) is -0.0194. The summed E-state index contributed by atoms with van der Waals surface area (Å²) in [5.41, 5.74) is 2.50. The first-order chi connectivity index (χ1) is 10.2. The molecule has 2 aromatic carbocycles. The fraction of sp³-hybridized carbons (Fsp3) is 0.0667. The molecule has 0 spiro atoms. The summed E-state index contributed by atoms with van der Waals surface area (Å²) in [5, 5.41) is 9.16. The Labute approximate surface area is 125 Å². The summed E-state index contributed by atoms with van der Waals surface area (Å²) in [7, 11) is 1.47. The van der Waals surface area contributed by atoms with Gasteiger partial charge in [0.15, 0.2) is 4.77 Å². The van der Waals surface area contributed by atoms with Crippen LogP contribution in [0.1, 0.15) is 5.56 Å². The van der Waals surface area contributed by atoms with Crippen LogP contribution in [0.15, 0.2) is 36.4 Å². The van der Waals surface area contributed by atoms with E-state index in [1.807, 2.05) is 6.07 Å². The van der Waals surface area contributed by atoms with Crippen LogP contribution >= 0.6 is 12.2 Å². The standard InChI is InChI=1S/C15H10FN3OS/c1-20-13-7-10(16)5-6-11(13)19-12-4-2-3-9(8-17)14(12)18-15(19)21/h2-7H,1H3,(H,18,21). The maximum absolute atomic E-state index is 13.3. The highest BCUT2D eigenvalue weighted by atomic mass is 32.1. The molecule has 0 bridgehead atoms. The van der Waals surface area contributed by atoms with E-state index in [-0.39, 0.29) is 5.82 Å². The second-order valence-electron chi connectivity index (χ2n) is 4.39. The van der Waals surface area contributed by atoms with Crippen LogP contribution in [-0.2, 0) is 0 Å². The molecule has 0 amide bonds. The fourth-order valence-corrected chi connectivity index (χ4v) is 2.60. The highest BCUT2D eigenvalue weighted by Crippen LogP contribution is 2.28. The lowest BCUT2D eigenvalue weighted by atomic mass is 10.2. The Morgan fingerprint density at radius 1 is 1.33 bits per heavy atom. The molecule has 0 radical (unpaired) electrons. The molecule has 0 saturated heterocycles. The van der Waals surface area contributed by atoms with Crippen molar-refractivity contribution in [1.29, 1.82) is 5.26 Å². The van der Waals surface area contributed by atoms with E-state index in [2.05, 4.69) is 11.1 Å². The van der Waals surface area contributed by atoms with Crippen molar-refractivity contribution in [1.82, 2.24) is 9.55 Å². The van der Waals surface area contributed by atoms with Gasteiger partial charge in [-0.2, -0.15) is 5.26 Å². The molecule has 0 fully saturated rings. The first-order valence-corrected chi connectivity index (χ1v) is 6.54. The van der Waals surface area contributed by atoms with Gasteiger partial charge in [-0.05, 0) is 36.5 Å². The third kappa shape index (κ3) is 2.08. The van der Waals surface area contributed by atoms with Crippen LogP contribution in [0.25, 0.3) is 16.7 Å². The van der Waals surface area contributed by atoms with Crippen LogP contribution in [0.2, 0.25) is 0 Å². The number of ether oxygens (including phenoxy) is 1. The zero-order chi connectivity index (χ0) is 15.0. The molecule has 4 nitrogen and oxygen atoms in total. The molecule has 0 aliphatic heterocycles. The molecule has 1 aromatic heterocycles. The van der Waals surface area contributed by atoms with Gasteiger partial charge in [0.2, 0.25) is 0 Å². The molecule has 6 heteroatoms. The second kappa shape index (κ2) is 5.04. The number of hydrogen-bond acceptors (Lipinski definition) is 3. The Bertz CT molecular complexity index is 936. The summed E-state index contributed by atoms with van der Waals surface area (Å²) >= 11 is 5.33. The van der Waals surface area contributed by atoms with E-state index < -0.39 is 0 Å². The SMILES string of the molecule is COc1cc(F)ccc1-n1c(=S)[nH]c2c(C#N)cccc21.